The van der Waals surface area contributed by atoms with Crippen molar-refractivity contribution >= 4 is 17.6 Å². The summed E-state index contributed by atoms with van der Waals surface area (Å²) in [5.41, 5.74) is 0.161. The summed E-state index contributed by atoms with van der Waals surface area (Å²) in [6.07, 6.45) is 2.79. The second-order valence-electron chi connectivity index (χ2n) is 4.46. The van der Waals surface area contributed by atoms with Crippen molar-refractivity contribution in [2.75, 3.05) is 6.54 Å². The molecular weight excluding hydrogens is 254 g/mol. The number of carboxylic acids is 1. The van der Waals surface area contributed by atoms with Crippen LogP contribution in [0.25, 0.3) is 0 Å². The molecule has 0 aliphatic rings. The fourth-order valence-electron chi connectivity index (χ4n) is 1.93. The maximum Gasteiger partial charge on any atom is 0.310 e. The predicted octanol–water partition coefficient (Wildman–Crippen LogP) is 2.05. The Morgan fingerprint density at radius 2 is 2.17 bits per heavy atom. The Labute approximate surface area is 112 Å². The number of aliphatic carboxylic acids is 1. The van der Waals surface area contributed by atoms with Crippen LogP contribution in [-0.4, -0.2) is 27.4 Å². The molecule has 1 aromatic rings. The molecule has 0 amide bonds. The van der Waals surface area contributed by atoms with Crippen molar-refractivity contribution in [1.82, 2.24) is 15.1 Å². The lowest BCUT2D eigenvalue weighted by Gasteiger charge is -2.27. The Morgan fingerprint density at radius 3 is 2.56 bits per heavy atom. The van der Waals surface area contributed by atoms with Gasteiger partial charge < -0.3 is 10.4 Å². The summed E-state index contributed by atoms with van der Waals surface area (Å²) in [5, 5.41) is 17.1. The van der Waals surface area contributed by atoms with Crippen molar-refractivity contribution in [2.45, 2.75) is 33.2 Å². The zero-order valence-electron chi connectivity index (χ0n) is 11.0. The molecule has 2 N–H and O–H groups in total. The van der Waals surface area contributed by atoms with E-state index in [9.17, 15) is 9.90 Å². The molecule has 0 bridgehead atoms. The van der Waals surface area contributed by atoms with Crippen LogP contribution in [-0.2, 0) is 18.4 Å². The minimum atomic E-state index is -0.754. The van der Waals surface area contributed by atoms with Gasteiger partial charge in [0, 0.05) is 20.1 Å². The molecule has 1 aromatic heterocycles. The molecule has 0 saturated heterocycles. The lowest BCUT2D eigenvalue weighted by atomic mass is 9.82. The van der Waals surface area contributed by atoms with Crippen LogP contribution in [0.1, 0.15) is 32.4 Å². The smallest absolute Gasteiger partial charge is 0.310 e. The van der Waals surface area contributed by atoms with Gasteiger partial charge in [0.05, 0.1) is 22.3 Å². The quantitative estimate of drug-likeness (QED) is 0.798. The first kappa shape index (κ1) is 15.0. The van der Waals surface area contributed by atoms with E-state index in [-0.39, 0.29) is 0 Å². The molecule has 6 heteroatoms. The van der Waals surface area contributed by atoms with Gasteiger partial charge in [-0.15, -0.1) is 0 Å². The van der Waals surface area contributed by atoms with Gasteiger partial charge in [-0.05, 0) is 12.8 Å². The number of hydrogen-bond donors (Lipinski definition) is 2. The van der Waals surface area contributed by atoms with Crippen LogP contribution >= 0.6 is 11.6 Å². The number of rotatable bonds is 7. The zero-order chi connectivity index (χ0) is 13.8. The largest absolute Gasteiger partial charge is 0.481 e. The number of aryl methyl sites for hydroxylation is 1. The molecule has 0 atom stereocenters. The van der Waals surface area contributed by atoms with Gasteiger partial charge in [-0.3, -0.25) is 9.48 Å². The standard InChI is InChI=1S/C12H20ClN3O2/c1-4-12(5-2,11(17)18)8-14-7-10-9(13)6-15-16(10)3/h6,14H,4-5,7-8H2,1-3H3,(H,17,18). The molecule has 0 unspecified atom stereocenters. The number of carboxylic acid groups (broad SMARTS) is 1. The highest BCUT2D eigenvalue weighted by atomic mass is 35.5. The second-order valence-corrected chi connectivity index (χ2v) is 4.87. The molecule has 5 nitrogen and oxygen atoms in total. The fraction of sp³-hybridized carbons (Fsp3) is 0.667. The molecule has 1 rings (SSSR count). The van der Waals surface area contributed by atoms with E-state index in [1.165, 1.54) is 0 Å². The average molecular weight is 274 g/mol. The molecule has 102 valence electrons. The van der Waals surface area contributed by atoms with E-state index in [0.29, 0.717) is 31.0 Å². The summed E-state index contributed by atoms with van der Waals surface area (Å²) in [6, 6.07) is 0. The molecule has 0 saturated carbocycles. The molecule has 1 heterocycles. The fourth-order valence-corrected chi connectivity index (χ4v) is 2.17. The topological polar surface area (TPSA) is 67.2 Å². The van der Waals surface area contributed by atoms with Gasteiger partial charge in [-0.25, -0.2) is 0 Å². The van der Waals surface area contributed by atoms with E-state index < -0.39 is 11.4 Å². The first-order chi connectivity index (χ1) is 8.46. The van der Waals surface area contributed by atoms with Crippen LogP contribution in [0.5, 0.6) is 0 Å². The summed E-state index contributed by atoms with van der Waals surface area (Å²) in [5.74, 6) is -0.754. The van der Waals surface area contributed by atoms with E-state index >= 15 is 0 Å². The number of nitrogens with zero attached hydrogens (tertiary/aromatic N) is 2. The Hall–Kier alpha value is -1.07. The third kappa shape index (κ3) is 3.03. The van der Waals surface area contributed by atoms with Crippen molar-refractivity contribution in [1.29, 1.82) is 0 Å². The van der Waals surface area contributed by atoms with Crippen LogP contribution in [0, 0.1) is 5.41 Å². The van der Waals surface area contributed by atoms with Gasteiger partial charge in [0.15, 0.2) is 0 Å². The highest BCUT2D eigenvalue weighted by Gasteiger charge is 2.34. The highest BCUT2D eigenvalue weighted by Crippen LogP contribution is 2.26. The van der Waals surface area contributed by atoms with Gasteiger partial charge in [0.2, 0.25) is 0 Å². The predicted molar refractivity (Wildman–Crippen MR) is 70.6 cm³/mol. The Balaban J connectivity index is 2.62. The third-order valence-electron chi connectivity index (χ3n) is 3.57. The first-order valence-electron chi connectivity index (χ1n) is 6.07. The van der Waals surface area contributed by atoms with Crippen molar-refractivity contribution in [2.24, 2.45) is 12.5 Å². The maximum absolute atomic E-state index is 11.3. The lowest BCUT2D eigenvalue weighted by Crippen LogP contribution is -2.40. The summed E-state index contributed by atoms with van der Waals surface area (Å²) in [6.45, 7) is 4.74. The van der Waals surface area contributed by atoms with E-state index in [0.717, 1.165) is 5.69 Å². The van der Waals surface area contributed by atoms with Gasteiger partial charge in [-0.2, -0.15) is 5.10 Å². The van der Waals surface area contributed by atoms with Crippen LogP contribution in [0.15, 0.2) is 6.20 Å². The number of nitrogens with one attached hydrogen (secondary N) is 1. The van der Waals surface area contributed by atoms with E-state index in [1.54, 1.807) is 10.9 Å². The van der Waals surface area contributed by atoms with Gasteiger partial charge >= 0.3 is 5.97 Å². The molecule has 0 aliphatic carbocycles. The molecule has 0 aromatic carbocycles. The summed E-state index contributed by atoms with van der Waals surface area (Å²) >= 11 is 5.99. The molecule has 18 heavy (non-hydrogen) atoms. The third-order valence-corrected chi connectivity index (χ3v) is 3.89. The minimum Gasteiger partial charge on any atom is -0.481 e. The number of hydrogen-bond acceptors (Lipinski definition) is 3. The van der Waals surface area contributed by atoms with Gasteiger partial charge in [0.25, 0.3) is 0 Å². The molecule has 0 aliphatic heterocycles. The van der Waals surface area contributed by atoms with Crippen molar-refractivity contribution in [3.8, 4) is 0 Å². The normalized spacial score (nSPS) is 11.8. The molecule has 0 radical (unpaired) electrons. The van der Waals surface area contributed by atoms with Crippen LogP contribution in [0.3, 0.4) is 0 Å². The number of aromatic nitrogens is 2. The molecule has 0 spiro atoms. The second kappa shape index (κ2) is 6.20. The van der Waals surface area contributed by atoms with Crippen molar-refractivity contribution < 1.29 is 9.90 Å². The van der Waals surface area contributed by atoms with Gasteiger partial charge in [0.1, 0.15) is 0 Å². The summed E-state index contributed by atoms with van der Waals surface area (Å²) in [7, 11) is 1.81. The van der Waals surface area contributed by atoms with Crippen molar-refractivity contribution in [3.63, 3.8) is 0 Å². The monoisotopic (exact) mass is 273 g/mol. The number of carbonyl (C=O) groups is 1. The Kier molecular flexibility index (Phi) is 5.16. The minimum absolute atomic E-state index is 0.427. The van der Waals surface area contributed by atoms with E-state index in [2.05, 4.69) is 10.4 Å². The van der Waals surface area contributed by atoms with E-state index in [4.69, 9.17) is 11.6 Å². The van der Waals surface area contributed by atoms with Crippen LogP contribution in [0.4, 0.5) is 0 Å². The number of halogens is 1. The van der Waals surface area contributed by atoms with Crippen molar-refractivity contribution in [3.05, 3.63) is 16.9 Å². The zero-order valence-corrected chi connectivity index (χ0v) is 11.8. The van der Waals surface area contributed by atoms with Crippen LogP contribution in [0.2, 0.25) is 5.02 Å². The highest BCUT2D eigenvalue weighted by molar-refractivity contribution is 6.31. The first-order valence-corrected chi connectivity index (χ1v) is 6.45. The molecular formula is C12H20ClN3O2. The summed E-state index contributed by atoms with van der Waals surface area (Å²) in [4.78, 5) is 11.3. The lowest BCUT2D eigenvalue weighted by molar-refractivity contribution is -0.149. The molecule has 0 fully saturated rings. The average Bonchev–Trinajstić information content (AvgIpc) is 2.66. The van der Waals surface area contributed by atoms with Crippen LogP contribution < -0.4 is 5.32 Å². The Morgan fingerprint density at radius 1 is 1.56 bits per heavy atom. The SMILES string of the molecule is CCC(CC)(CNCc1c(Cl)cnn1C)C(=O)O. The Bertz CT molecular complexity index is 394. The van der Waals surface area contributed by atoms with E-state index in [1.807, 2.05) is 20.9 Å². The summed E-state index contributed by atoms with van der Waals surface area (Å²) < 4.78 is 1.69. The van der Waals surface area contributed by atoms with Gasteiger partial charge in [-0.1, -0.05) is 25.4 Å². The maximum atomic E-state index is 11.3.